The van der Waals surface area contributed by atoms with E-state index in [9.17, 15) is 27.2 Å². The molecular weight excluding hydrogens is 438 g/mol. The molecule has 0 saturated heterocycles. The maximum absolute atomic E-state index is 14.2. The van der Waals surface area contributed by atoms with Crippen LogP contribution in [-0.4, -0.2) is 23.3 Å². The number of hydrogen-bond acceptors (Lipinski definition) is 3. The highest BCUT2D eigenvalue weighted by molar-refractivity contribution is 6.07. The maximum atomic E-state index is 14.2. The van der Waals surface area contributed by atoms with Gasteiger partial charge in [0.1, 0.15) is 29.4 Å². The van der Waals surface area contributed by atoms with Crippen LogP contribution < -0.4 is 10.6 Å². The number of fused-ring (bicyclic) bond motifs is 1. The zero-order chi connectivity index (χ0) is 23.7. The highest BCUT2D eigenvalue weighted by atomic mass is 19.1. The van der Waals surface area contributed by atoms with Gasteiger partial charge in [0.25, 0.3) is 11.8 Å². The van der Waals surface area contributed by atoms with Crippen LogP contribution in [0, 0.1) is 23.3 Å². The van der Waals surface area contributed by atoms with Crippen LogP contribution >= 0.6 is 0 Å². The van der Waals surface area contributed by atoms with Crippen molar-refractivity contribution in [3.05, 3.63) is 94.6 Å². The van der Waals surface area contributed by atoms with E-state index in [2.05, 4.69) is 10.6 Å². The van der Waals surface area contributed by atoms with E-state index in [0.29, 0.717) is 24.6 Å². The van der Waals surface area contributed by atoms with Crippen LogP contribution in [0.5, 0.6) is 0 Å². The lowest BCUT2D eigenvalue weighted by atomic mass is 10.0. The number of benzene rings is 3. The number of halogens is 4. The molecule has 3 aromatic rings. The molecule has 4 rings (SSSR count). The summed E-state index contributed by atoms with van der Waals surface area (Å²) in [6.45, 7) is 2.23. The Balaban J connectivity index is 1.64. The molecule has 2 N–H and O–H groups in total. The Morgan fingerprint density at radius 3 is 2.15 bits per heavy atom. The van der Waals surface area contributed by atoms with Crippen molar-refractivity contribution in [2.45, 2.75) is 19.5 Å². The number of nitrogens with zero attached hydrogens (tertiary/aromatic N) is 1. The number of rotatable bonds is 6. The van der Waals surface area contributed by atoms with Crippen molar-refractivity contribution in [1.82, 2.24) is 4.90 Å². The van der Waals surface area contributed by atoms with Gasteiger partial charge in [-0.05, 0) is 42.8 Å². The summed E-state index contributed by atoms with van der Waals surface area (Å²) < 4.78 is 54.5. The topological polar surface area (TPSA) is 61.4 Å². The third kappa shape index (κ3) is 4.39. The molecular formula is C24H19F4N3O2. The van der Waals surface area contributed by atoms with Gasteiger partial charge in [-0.2, -0.15) is 0 Å². The van der Waals surface area contributed by atoms with Crippen molar-refractivity contribution in [1.29, 1.82) is 0 Å². The molecule has 9 heteroatoms. The first-order chi connectivity index (χ1) is 15.8. The van der Waals surface area contributed by atoms with E-state index in [-0.39, 0.29) is 28.4 Å². The monoisotopic (exact) mass is 457 g/mol. The summed E-state index contributed by atoms with van der Waals surface area (Å²) in [5.41, 5.74) is 0.664. The van der Waals surface area contributed by atoms with Crippen molar-refractivity contribution in [3.8, 4) is 0 Å². The zero-order valence-electron chi connectivity index (χ0n) is 17.5. The van der Waals surface area contributed by atoms with Crippen molar-refractivity contribution in [2.24, 2.45) is 0 Å². The number of nitrogens with one attached hydrogen (secondary N) is 2. The predicted octanol–water partition coefficient (Wildman–Crippen LogP) is 5.47. The number of hydrogen-bond donors (Lipinski definition) is 2. The van der Waals surface area contributed by atoms with Crippen LogP contribution in [0.2, 0.25) is 0 Å². The molecule has 5 nitrogen and oxygen atoms in total. The fraction of sp³-hybridized carbons (Fsp3) is 0.167. The maximum Gasteiger partial charge on any atom is 0.256 e. The van der Waals surface area contributed by atoms with Gasteiger partial charge in [0.15, 0.2) is 0 Å². The van der Waals surface area contributed by atoms with Crippen LogP contribution in [-0.2, 0) is 0 Å². The Bertz CT molecular complexity index is 1250. The summed E-state index contributed by atoms with van der Waals surface area (Å²) in [6.07, 6.45) is -0.0971. The molecule has 0 radical (unpaired) electrons. The van der Waals surface area contributed by atoms with Gasteiger partial charge in [-0.15, -0.1) is 0 Å². The van der Waals surface area contributed by atoms with Gasteiger partial charge in [0.05, 0.1) is 11.4 Å². The second-order valence-corrected chi connectivity index (χ2v) is 7.55. The van der Waals surface area contributed by atoms with Crippen LogP contribution in [0.15, 0.2) is 54.6 Å². The van der Waals surface area contributed by atoms with Gasteiger partial charge >= 0.3 is 0 Å². The van der Waals surface area contributed by atoms with E-state index in [1.807, 2.05) is 6.92 Å². The first kappa shape index (κ1) is 22.3. The molecule has 1 atom stereocenters. The molecule has 0 bridgehead atoms. The molecule has 0 aliphatic carbocycles. The van der Waals surface area contributed by atoms with Gasteiger partial charge in [-0.1, -0.05) is 13.0 Å². The van der Waals surface area contributed by atoms with Crippen LogP contribution in [0.3, 0.4) is 0 Å². The number of carbonyl (C=O) groups excluding carboxylic acids is 2. The minimum absolute atomic E-state index is 0.0248. The van der Waals surface area contributed by atoms with Gasteiger partial charge in [-0.25, -0.2) is 17.6 Å². The lowest BCUT2D eigenvalue weighted by Gasteiger charge is -2.27. The Hall–Kier alpha value is -3.88. The minimum atomic E-state index is -0.930. The van der Waals surface area contributed by atoms with Gasteiger partial charge < -0.3 is 15.5 Å². The van der Waals surface area contributed by atoms with Gasteiger partial charge in [-0.3, -0.25) is 9.59 Å². The summed E-state index contributed by atoms with van der Waals surface area (Å²) in [7, 11) is 0. The zero-order valence-corrected chi connectivity index (χ0v) is 17.5. The average molecular weight is 457 g/mol. The smallest absolute Gasteiger partial charge is 0.256 e. The predicted molar refractivity (Wildman–Crippen MR) is 115 cm³/mol. The standard InChI is InChI=1S/C24H19F4N3O2/c1-2-9-31-22(29-20-7-4-14(25)11-18(20)27)16-6-3-13(10-17(16)24(31)33)23(32)30-21-8-5-15(26)12-19(21)28/h3-8,10-12,22,29H,2,9H2,1H3,(H,30,32). The normalized spacial score (nSPS) is 14.9. The molecule has 2 amide bonds. The molecule has 1 aliphatic rings. The third-order valence-corrected chi connectivity index (χ3v) is 5.28. The summed E-state index contributed by atoms with van der Waals surface area (Å²) in [6, 6.07) is 10.2. The second-order valence-electron chi connectivity index (χ2n) is 7.55. The Morgan fingerprint density at radius 2 is 1.55 bits per heavy atom. The molecule has 1 aliphatic heterocycles. The average Bonchev–Trinajstić information content (AvgIpc) is 3.03. The molecule has 33 heavy (non-hydrogen) atoms. The number of carbonyl (C=O) groups is 2. The first-order valence-electron chi connectivity index (χ1n) is 10.2. The molecule has 0 saturated carbocycles. The van der Waals surface area contributed by atoms with Crippen molar-refractivity contribution in [2.75, 3.05) is 17.2 Å². The van der Waals surface area contributed by atoms with Crippen LogP contribution in [0.1, 0.15) is 45.8 Å². The summed E-state index contributed by atoms with van der Waals surface area (Å²) in [5, 5.41) is 5.29. The molecule has 0 aromatic heterocycles. The van der Waals surface area contributed by atoms with Crippen molar-refractivity contribution in [3.63, 3.8) is 0 Å². The molecule has 170 valence electrons. The van der Waals surface area contributed by atoms with Crippen LogP contribution in [0.25, 0.3) is 0 Å². The highest BCUT2D eigenvalue weighted by Gasteiger charge is 2.37. The minimum Gasteiger partial charge on any atom is -0.359 e. The summed E-state index contributed by atoms with van der Waals surface area (Å²) in [4.78, 5) is 27.2. The Morgan fingerprint density at radius 1 is 0.909 bits per heavy atom. The molecule has 3 aromatic carbocycles. The number of anilines is 2. The Labute approximate surface area is 187 Å². The fourth-order valence-electron chi connectivity index (χ4n) is 3.73. The molecule has 1 unspecified atom stereocenters. The van der Waals surface area contributed by atoms with Gasteiger partial charge in [0, 0.05) is 35.4 Å². The second kappa shape index (κ2) is 8.93. The van der Waals surface area contributed by atoms with E-state index < -0.39 is 35.3 Å². The molecule has 0 spiro atoms. The number of amides is 2. The Kier molecular flexibility index (Phi) is 6.04. The first-order valence-corrected chi connectivity index (χ1v) is 10.2. The van der Waals surface area contributed by atoms with Crippen molar-refractivity contribution >= 4 is 23.2 Å². The van der Waals surface area contributed by atoms with E-state index >= 15 is 0 Å². The van der Waals surface area contributed by atoms with E-state index in [1.54, 1.807) is 6.07 Å². The third-order valence-electron chi connectivity index (χ3n) is 5.28. The van der Waals surface area contributed by atoms with E-state index in [1.165, 1.54) is 23.1 Å². The largest absolute Gasteiger partial charge is 0.359 e. The molecule has 0 fully saturated rings. The summed E-state index contributed by atoms with van der Waals surface area (Å²) >= 11 is 0. The molecule has 1 heterocycles. The summed E-state index contributed by atoms with van der Waals surface area (Å²) in [5.74, 6) is -4.28. The lowest BCUT2D eigenvalue weighted by Crippen LogP contribution is -2.33. The van der Waals surface area contributed by atoms with Crippen molar-refractivity contribution < 1.29 is 27.2 Å². The van der Waals surface area contributed by atoms with Crippen LogP contribution in [0.4, 0.5) is 28.9 Å². The van der Waals surface area contributed by atoms with E-state index in [0.717, 1.165) is 24.3 Å². The fourth-order valence-corrected chi connectivity index (χ4v) is 3.73. The van der Waals surface area contributed by atoms with E-state index in [4.69, 9.17) is 0 Å². The van der Waals surface area contributed by atoms with Gasteiger partial charge in [0.2, 0.25) is 0 Å². The lowest BCUT2D eigenvalue weighted by molar-refractivity contribution is 0.0742. The quantitative estimate of drug-likeness (QED) is 0.483. The highest BCUT2D eigenvalue weighted by Crippen LogP contribution is 2.36. The SMILES string of the molecule is CCCN1C(=O)c2cc(C(=O)Nc3ccc(F)cc3F)ccc2C1Nc1ccc(F)cc1F.